The summed E-state index contributed by atoms with van der Waals surface area (Å²) in [6.07, 6.45) is 4.79. The van der Waals surface area contributed by atoms with Crippen LogP contribution in [0.4, 0.5) is 0 Å². The molecule has 3 rings (SSSR count). The first kappa shape index (κ1) is 26.6. The molecule has 1 fully saturated rings. The number of hydrogen-bond donors (Lipinski definition) is 1. The molecule has 6 nitrogen and oxygen atoms in total. The molecule has 35 heavy (non-hydrogen) atoms. The fourth-order valence-corrected chi connectivity index (χ4v) is 4.69. The van der Waals surface area contributed by atoms with E-state index >= 15 is 0 Å². The summed E-state index contributed by atoms with van der Waals surface area (Å²) in [5.74, 6) is 1.10. The minimum absolute atomic E-state index is 0.0919. The number of rotatable bonds is 10. The maximum Gasteiger partial charge on any atom is 0.261 e. The van der Waals surface area contributed by atoms with Gasteiger partial charge >= 0.3 is 0 Å². The molecule has 0 heterocycles. The summed E-state index contributed by atoms with van der Waals surface area (Å²) in [6, 6.07) is 15.0. The maximum atomic E-state index is 13.6. The van der Waals surface area contributed by atoms with Gasteiger partial charge < -0.3 is 19.7 Å². The van der Waals surface area contributed by atoms with Gasteiger partial charge in [-0.1, -0.05) is 70.9 Å². The number of nitrogens with zero attached hydrogens (tertiary/aromatic N) is 1. The van der Waals surface area contributed by atoms with E-state index in [-0.39, 0.29) is 29.9 Å². The van der Waals surface area contributed by atoms with Crippen molar-refractivity contribution in [2.75, 3.05) is 13.7 Å². The molecule has 1 N–H and O–H groups in total. The van der Waals surface area contributed by atoms with Crippen LogP contribution in [-0.4, -0.2) is 42.5 Å². The quantitative estimate of drug-likeness (QED) is 0.505. The summed E-state index contributed by atoms with van der Waals surface area (Å²) < 4.78 is 11.4. The van der Waals surface area contributed by atoms with Gasteiger partial charge in [0.05, 0.1) is 7.11 Å². The van der Waals surface area contributed by atoms with Crippen molar-refractivity contribution in [3.63, 3.8) is 0 Å². The molecule has 1 aliphatic rings. The van der Waals surface area contributed by atoms with Gasteiger partial charge in [0.25, 0.3) is 5.91 Å². The first-order valence-electron chi connectivity index (χ1n) is 12.7. The largest absolute Gasteiger partial charge is 0.497 e. The van der Waals surface area contributed by atoms with Crippen LogP contribution in [0.25, 0.3) is 0 Å². The molecule has 6 heteroatoms. The van der Waals surface area contributed by atoms with Gasteiger partial charge in [0.1, 0.15) is 17.5 Å². The van der Waals surface area contributed by atoms with Gasteiger partial charge in [0, 0.05) is 12.6 Å². The molecule has 190 valence electrons. The van der Waals surface area contributed by atoms with Crippen molar-refractivity contribution in [2.24, 2.45) is 0 Å². The second-order valence-corrected chi connectivity index (χ2v) is 10.3. The van der Waals surface area contributed by atoms with Gasteiger partial charge in [0.15, 0.2) is 6.61 Å². The fraction of sp³-hybridized carbons (Fsp3) is 0.517. The first-order chi connectivity index (χ1) is 16.7. The van der Waals surface area contributed by atoms with Crippen LogP contribution in [0, 0.1) is 0 Å². The number of carbonyl (C=O) groups excluding carboxylic acids is 2. The zero-order valence-electron chi connectivity index (χ0n) is 21.8. The molecule has 2 aromatic rings. The Hall–Kier alpha value is -3.02. The zero-order chi connectivity index (χ0) is 25.4. The van der Waals surface area contributed by atoms with Crippen LogP contribution in [0.3, 0.4) is 0 Å². The van der Waals surface area contributed by atoms with E-state index in [0.717, 1.165) is 36.8 Å². The van der Waals surface area contributed by atoms with E-state index in [4.69, 9.17) is 9.47 Å². The Labute approximate surface area is 210 Å². The topological polar surface area (TPSA) is 67.9 Å². The minimum Gasteiger partial charge on any atom is -0.497 e. The number of hydrogen-bond acceptors (Lipinski definition) is 4. The van der Waals surface area contributed by atoms with Crippen LogP contribution in [0.5, 0.6) is 11.5 Å². The van der Waals surface area contributed by atoms with Crippen molar-refractivity contribution in [3.8, 4) is 11.5 Å². The average molecular weight is 481 g/mol. The lowest BCUT2D eigenvalue weighted by atomic mass is 9.86. The standard InChI is InChI=1S/C29H40N2O4/c1-6-25(28(33)30-22-13-7-8-14-22)31(19-21-12-11-15-23(18-21)34-5)27(32)20-35-26-17-10-9-16-24(26)29(2,3)4/h9-12,15-18,22,25H,6-8,13-14,19-20H2,1-5H3,(H,30,33). The zero-order valence-corrected chi connectivity index (χ0v) is 21.8. The number of carbonyl (C=O) groups is 2. The van der Waals surface area contributed by atoms with Crippen molar-refractivity contribution < 1.29 is 19.1 Å². The molecule has 0 aliphatic heterocycles. The summed E-state index contributed by atoms with van der Waals surface area (Å²) in [7, 11) is 1.62. The van der Waals surface area contributed by atoms with Gasteiger partial charge in [-0.05, 0) is 54.0 Å². The van der Waals surface area contributed by atoms with E-state index < -0.39 is 6.04 Å². The predicted octanol–water partition coefficient (Wildman–Crippen LogP) is 5.24. The smallest absolute Gasteiger partial charge is 0.261 e. The van der Waals surface area contributed by atoms with Crippen molar-refractivity contribution >= 4 is 11.8 Å². The monoisotopic (exact) mass is 480 g/mol. The Kier molecular flexibility index (Phi) is 9.19. The molecule has 0 aromatic heterocycles. The van der Waals surface area contributed by atoms with E-state index in [9.17, 15) is 9.59 Å². The Morgan fingerprint density at radius 2 is 1.80 bits per heavy atom. The third-order valence-corrected chi connectivity index (χ3v) is 6.62. The third-order valence-electron chi connectivity index (χ3n) is 6.62. The molecule has 1 atom stereocenters. The van der Waals surface area contributed by atoms with Gasteiger partial charge in [-0.25, -0.2) is 0 Å². The summed E-state index contributed by atoms with van der Waals surface area (Å²) in [5, 5.41) is 3.18. The predicted molar refractivity (Wildman–Crippen MR) is 139 cm³/mol. The molecule has 0 spiro atoms. The van der Waals surface area contributed by atoms with Crippen molar-refractivity contribution in [3.05, 3.63) is 59.7 Å². The highest BCUT2D eigenvalue weighted by atomic mass is 16.5. The first-order valence-corrected chi connectivity index (χ1v) is 12.7. The number of benzene rings is 2. The second kappa shape index (κ2) is 12.1. The highest BCUT2D eigenvalue weighted by molar-refractivity contribution is 5.88. The molecular weight excluding hydrogens is 440 g/mol. The normalized spacial score (nSPS) is 14.9. The number of nitrogens with one attached hydrogen (secondary N) is 1. The third kappa shape index (κ3) is 7.23. The fourth-order valence-electron chi connectivity index (χ4n) is 4.69. The molecular formula is C29H40N2O4. The molecule has 2 aromatic carbocycles. The van der Waals surface area contributed by atoms with E-state index in [1.165, 1.54) is 0 Å². The SMILES string of the molecule is CCC(C(=O)NC1CCCC1)N(Cc1cccc(OC)c1)C(=O)COc1ccccc1C(C)(C)C. The lowest BCUT2D eigenvalue weighted by Crippen LogP contribution is -2.52. The van der Waals surface area contributed by atoms with Crippen LogP contribution in [0.15, 0.2) is 48.5 Å². The van der Waals surface area contributed by atoms with Gasteiger partial charge in [-0.2, -0.15) is 0 Å². The molecule has 0 radical (unpaired) electrons. The Bertz CT molecular complexity index is 992. The van der Waals surface area contributed by atoms with Crippen molar-refractivity contribution in [1.82, 2.24) is 10.2 Å². The number of methoxy groups -OCH3 is 1. The number of amides is 2. The minimum atomic E-state index is -0.573. The summed E-state index contributed by atoms with van der Waals surface area (Å²) in [6.45, 7) is 8.47. The highest BCUT2D eigenvalue weighted by Gasteiger charge is 2.31. The van der Waals surface area contributed by atoms with Crippen molar-refractivity contribution in [1.29, 1.82) is 0 Å². The number of ether oxygens (including phenoxy) is 2. The molecule has 1 aliphatic carbocycles. The van der Waals surface area contributed by atoms with E-state index in [1.807, 2.05) is 55.5 Å². The molecule has 1 unspecified atom stereocenters. The molecule has 1 saturated carbocycles. The van der Waals surface area contributed by atoms with Crippen LogP contribution in [0.1, 0.15) is 70.9 Å². The Morgan fingerprint density at radius 1 is 1.09 bits per heavy atom. The van der Waals surface area contributed by atoms with Crippen LogP contribution in [0.2, 0.25) is 0 Å². The maximum absolute atomic E-state index is 13.6. The van der Waals surface area contributed by atoms with Crippen molar-refractivity contribution in [2.45, 2.75) is 83.8 Å². The van der Waals surface area contributed by atoms with E-state index in [2.05, 4.69) is 26.1 Å². The van der Waals surface area contributed by atoms with Crippen LogP contribution < -0.4 is 14.8 Å². The highest BCUT2D eigenvalue weighted by Crippen LogP contribution is 2.31. The Balaban J connectivity index is 1.82. The lowest BCUT2D eigenvalue weighted by Gasteiger charge is -2.32. The Morgan fingerprint density at radius 3 is 2.46 bits per heavy atom. The summed E-state index contributed by atoms with van der Waals surface area (Å²) in [5.41, 5.74) is 1.82. The lowest BCUT2D eigenvalue weighted by molar-refractivity contribution is -0.143. The number of para-hydroxylation sites is 1. The summed E-state index contributed by atoms with van der Waals surface area (Å²) in [4.78, 5) is 28.5. The molecule has 0 saturated heterocycles. The van der Waals surface area contributed by atoms with Gasteiger partial charge in [-0.3, -0.25) is 9.59 Å². The van der Waals surface area contributed by atoms with Gasteiger partial charge in [-0.15, -0.1) is 0 Å². The van der Waals surface area contributed by atoms with E-state index in [0.29, 0.717) is 24.5 Å². The molecule has 2 amide bonds. The average Bonchev–Trinajstić information content (AvgIpc) is 3.35. The van der Waals surface area contributed by atoms with E-state index in [1.54, 1.807) is 12.0 Å². The molecule has 0 bridgehead atoms. The summed E-state index contributed by atoms with van der Waals surface area (Å²) >= 11 is 0. The van der Waals surface area contributed by atoms with Crippen LogP contribution >= 0.6 is 0 Å². The van der Waals surface area contributed by atoms with Crippen LogP contribution in [-0.2, 0) is 21.5 Å². The van der Waals surface area contributed by atoms with Gasteiger partial charge in [0.2, 0.25) is 5.91 Å². The second-order valence-electron chi connectivity index (χ2n) is 10.3.